The van der Waals surface area contributed by atoms with E-state index >= 15 is 0 Å². The normalized spacial score (nSPS) is 14.2. The van der Waals surface area contributed by atoms with E-state index in [0.717, 1.165) is 22.0 Å². The molecule has 3 rings (SSSR count). The Morgan fingerprint density at radius 1 is 1.14 bits per heavy atom. The first-order chi connectivity index (χ1) is 10.2. The van der Waals surface area contributed by atoms with Crippen LogP contribution in [0.2, 0.25) is 0 Å². The summed E-state index contributed by atoms with van der Waals surface area (Å²) in [6, 6.07) is 12.1. The summed E-state index contributed by atoms with van der Waals surface area (Å²) in [6.45, 7) is 2.36. The predicted molar refractivity (Wildman–Crippen MR) is 84.7 cm³/mol. The van der Waals surface area contributed by atoms with Crippen molar-refractivity contribution in [3.05, 3.63) is 57.6 Å². The molecule has 0 radical (unpaired) electrons. The van der Waals surface area contributed by atoms with Crippen molar-refractivity contribution in [2.24, 2.45) is 0 Å². The fourth-order valence-corrected chi connectivity index (χ4v) is 3.01. The van der Waals surface area contributed by atoms with Gasteiger partial charge in [0.05, 0.1) is 10.6 Å². The average molecular weight is 349 g/mol. The van der Waals surface area contributed by atoms with E-state index in [0.29, 0.717) is 17.9 Å². The number of aryl methyl sites for hydroxylation is 1. The zero-order valence-corrected chi connectivity index (χ0v) is 13.4. The summed E-state index contributed by atoms with van der Waals surface area (Å²) in [7, 11) is 0. The van der Waals surface area contributed by atoms with Crippen LogP contribution in [0, 0.1) is 0 Å². The predicted octanol–water partition coefficient (Wildman–Crippen LogP) is 4.02. The van der Waals surface area contributed by atoms with Gasteiger partial charge in [-0.3, -0.25) is 0 Å². The number of rotatable bonds is 4. The van der Waals surface area contributed by atoms with Crippen LogP contribution in [-0.4, -0.2) is 11.9 Å². The van der Waals surface area contributed by atoms with Crippen molar-refractivity contribution in [1.82, 2.24) is 0 Å². The fourth-order valence-electron chi connectivity index (χ4n) is 2.43. The van der Waals surface area contributed by atoms with Crippen molar-refractivity contribution in [3.8, 4) is 11.5 Å². The lowest BCUT2D eigenvalue weighted by atomic mass is 10.00. The Kier molecular flexibility index (Phi) is 4.17. The molecule has 2 aromatic rings. The second-order valence-corrected chi connectivity index (χ2v) is 5.98. The maximum Gasteiger partial charge on any atom is 0.231 e. The van der Waals surface area contributed by atoms with E-state index in [2.05, 4.69) is 47.1 Å². The molecule has 1 atom stereocenters. The summed E-state index contributed by atoms with van der Waals surface area (Å²) >= 11 is 3.45. The molecule has 3 nitrogen and oxygen atoms in total. The van der Waals surface area contributed by atoms with Crippen molar-refractivity contribution < 1.29 is 14.6 Å². The van der Waals surface area contributed by atoms with Gasteiger partial charge in [-0.25, -0.2) is 0 Å². The second kappa shape index (κ2) is 6.08. The molecule has 1 heterocycles. The van der Waals surface area contributed by atoms with Crippen LogP contribution < -0.4 is 9.47 Å². The highest BCUT2D eigenvalue weighted by molar-refractivity contribution is 9.10. The van der Waals surface area contributed by atoms with Gasteiger partial charge in [0.1, 0.15) is 0 Å². The second-order valence-electron chi connectivity index (χ2n) is 5.13. The van der Waals surface area contributed by atoms with Gasteiger partial charge in [0, 0.05) is 6.42 Å². The molecule has 4 heteroatoms. The van der Waals surface area contributed by atoms with E-state index in [9.17, 15) is 5.11 Å². The summed E-state index contributed by atoms with van der Waals surface area (Å²) in [5, 5.41) is 10.4. The van der Waals surface area contributed by atoms with Gasteiger partial charge in [0.25, 0.3) is 0 Å². The van der Waals surface area contributed by atoms with E-state index in [1.165, 1.54) is 5.56 Å². The third-order valence-corrected chi connectivity index (χ3v) is 4.28. The average Bonchev–Trinajstić information content (AvgIpc) is 2.97. The monoisotopic (exact) mass is 348 g/mol. The molecular formula is C17H17BrO3. The van der Waals surface area contributed by atoms with Crippen molar-refractivity contribution >= 4 is 15.9 Å². The molecule has 110 valence electrons. The van der Waals surface area contributed by atoms with Crippen LogP contribution in [0.15, 0.2) is 40.9 Å². The summed E-state index contributed by atoms with van der Waals surface area (Å²) in [5.41, 5.74) is 3.25. The standard InChI is InChI=1S/C17H17BrO3/c1-2-11-3-5-12(6-4-11)7-15(19)13-8-14(18)17-16(9-13)20-10-21-17/h3-6,8-9,15,19H,2,7,10H2,1H3. The third kappa shape index (κ3) is 3.06. The largest absolute Gasteiger partial charge is 0.454 e. The molecule has 0 aromatic heterocycles. The minimum absolute atomic E-state index is 0.228. The number of halogens is 1. The Morgan fingerprint density at radius 2 is 1.86 bits per heavy atom. The van der Waals surface area contributed by atoms with Crippen LogP contribution in [-0.2, 0) is 12.8 Å². The summed E-state index contributed by atoms with van der Waals surface area (Å²) in [5.74, 6) is 1.39. The zero-order chi connectivity index (χ0) is 14.8. The smallest absolute Gasteiger partial charge is 0.231 e. The first kappa shape index (κ1) is 14.4. The Balaban J connectivity index is 1.78. The van der Waals surface area contributed by atoms with Crippen LogP contribution >= 0.6 is 15.9 Å². The SMILES string of the molecule is CCc1ccc(CC(O)c2cc(Br)c3c(c2)OCO3)cc1. The van der Waals surface area contributed by atoms with Gasteiger partial charge in [-0.2, -0.15) is 0 Å². The number of hydrogen-bond acceptors (Lipinski definition) is 3. The van der Waals surface area contributed by atoms with E-state index in [1.54, 1.807) is 0 Å². The molecule has 0 amide bonds. The lowest BCUT2D eigenvalue weighted by Crippen LogP contribution is -2.02. The zero-order valence-electron chi connectivity index (χ0n) is 11.8. The highest BCUT2D eigenvalue weighted by atomic mass is 79.9. The van der Waals surface area contributed by atoms with Gasteiger partial charge in [0.2, 0.25) is 6.79 Å². The lowest BCUT2D eigenvalue weighted by Gasteiger charge is -2.13. The van der Waals surface area contributed by atoms with Gasteiger partial charge >= 0.3 is 0 Å². The molecule has 21 heavy (non-hydrogen) atoms. The van der Waals surface area contributed by atoms with Gasteiger partial charge in [-0.15, -0.1) is 0 Å². The van der Waals surface area contributed by atoms with Gasteiger partial charge in [-0.05, 0) is 51.2 Å². The molecule has 0 bridgehead atoms. The molecule has 0 saturated heterocycles. The van der Waals surface area contributed by atoms with E-state index in [1.807, 2.05) is 12.1 Å². The van der Waals surface area contributed by atoms with Crippen LogP contribution in [0.3, 0.4) is 0 Å². The molecule has 0 fully saturated rings. The Hall–Kier alpha value is -1.52. The fraction of sp³-hybridized carbons (Fsp3) is 0.294. The maximum atomic E-state index is 10.4. The summed E-state index contributed by atoms with van der Waals surface area (Å²) in [4.78, 5) is 0. The van der Waals surface area contributed by atoms with Gasteiger partial charge in [-0.1, -0.05) is 31.2 Å². The molecule has 1 aliphatic rings. The highest BCUT2D eigenvalue weighted by Gasteiger charge is 2.20. The molecule has 0 spiro atoms. The van der Waals surface area contributed by atoms with E-state index in [4.69, 9.17) is 9.47 Å². The number of fused-ring (bicyclic) bond motifs is 1. The van der Waals surface area contributed by atoms with Crippen LogP contribution in [0.25, 0.3) is 0 Å². The van der Waals surface area contributed by atoms with Crippen molar-refractivity contribution in [2.75, 3.05) is 6.79 Å². The number of aliphatic hydroxyl groups excluding tert-OH is 1. The van der Waals surface area contributed by atoms with Crippen LogP contribution in [0.1, 0.15) is 29.7 Å². The maximum absolute atomic E-state index is 10.4. The molecular weight excluding hydrogens is 332 g/mol. The Morgan fingerprint density at radius 3 is 2.57 bits per heavy atom. The van der Waals surface area contributed by atoms with Crippen molar-refractivity contribution in [2.45, 2.75) is 25.9 Å². The van der Waals surface area contributed by atoms with E-state index in [-0.39, 0.29) is 6.79 Å². The van der Waals surface area contributed by atoms with E-state index < -0.39 is 6.10 Å². The Labute approximate surface area is 132 Å². The van der Waals surface area contributed by atoms with Crippen LogP contribution in [0.4, 0.5) is 0 Å². The molecule has 2 aromatic carbocycles. The third-order valence-electron chi connectivity index (χ3n) is 3.69. The molecule has 1 N–H and O–H groups in total. The molecule has 1 unspecified atom stereocenters. The van der Waals surface area contributed by atoms with Crippen LogP contribution in [0.5, 0.6) is 11.5 Å². The number of hydrogen-bond donors (Lipinski definition) is 1. The van der Waals surface area contributed by atoms with Crippen molar-refractivity contribution in [3.63, 3.8) is 0 Å². The van der Waals surface area contributed by atoms with Gasteiger partial charge < -0.3 is 14.6 Å². The first-order valence-corrected chi connectivity index (χ1v) is 7.81. The Bertz CT molecular complexity index is 637. The lowest BCUT2D eigenvalue weighted by molar-refractivity contribution is 0.171. The van der Waals surface area contributed by atoms with Crippen molar-refractivity contribution in [1.29, 1.82) is 0 Å². The minimum atomic E-state index is -0.566. The number of ether oxygens (including phenoxy) is 2. The number of aliphatic hydroxyl groups is 1. The molecule has 1 aliphatic heterocycles. The number of benzene rings is 2. The van der Waals surface area contributed by atoms with Gasteiger partial charge in [0.15, 0.2) is 11.5 Å². The molecule has 0 saturated carbocycles. The summed E-state index contributed by atoms with van der Waals surface area (Å²) in [6.07, 6.45) is 1.04. The summed E-state index contributed by atoms with van der Waals surface area (Å²) < 4.78 is 11.6. The quantitative estimate of drug-likeness (QED) is 0.906. The first-order valence-electron chi connectivity index (χ1n) is 7.02. The topological polar surface area (TPSA) is 38.7 Å². The molecule has 0 aliphatic carbocycles. The highest BCUT2D eigenvalue weighted by Crippen LogP contribution is 2.41. The minimum Gasteiger partial charge on any atom is -0.454 e.